The first-order valence-corrected chi connectivity index (χ1v) is 6.68. The molecule has 2 N–H and O–H groups in total. The largest absolute Gasteiger partial charge is 0.324 e. The highest BCUT2D eigenvalue weighted by Gasteiger charge is 2.22. The van der Waals surface area contributed by atoms with Crippen molar-refractivity contribution in [2.75, 3.05) is 0 Å². The molecule has 1 nitrogen and oxygen atoms in total. The number of hydrogen-bond donors (Lipinski definition) is 1. The van der Waals surface area contributed by atoms with E-state index in [2.05, 4.69) is 15.9 Å². The third kappa shape index (κ3) is 3.67. The van der Waals surface area contributed by atoms with Gasteiger partial charge in [0.25, 0.3) is 0 Å². The zero-order valence-electron chi connectivity index (χ0n) is 9.66. The fourth-order valence-electron chi connectivity index (χ4n) is 2.49. The van der Waals surface area contributed by atoms with Crippen LogP contribution in [0.2, 0.25) is 0 Å². The van der Waals surface area contributed by atoms with Gasteiger partial charge in [0.1, 0.15) is 5.82 Å². The molecule has 17 heavy (non-hydrogen) atoms. The second kappa shape index (κ2) is 6.72. The Morgan fingerprint density at radius 3 is 2.47 bits per heavy atom. The van der Waals surface area contributed by atoms with E-state index in [1.807, 2.05) is 6.07 Å². The van der Waals surface area contributed by atoms with Crippen molar-refractivity contribution >= 4 is 28.3 Å². The van der Waals surface area contributed by atoms with Crippen molar-refractivity contribution in [1.29, 1.82) is 0 Å². The summed E-state index contributed by atoms with van der Waals surface area (Å²) < 4.78 is 13.6. The van der Waals surface area contributed by atoms with Crippen LogP contribution in [0.1, 0.15) is 43.7 Å². The van der Waals surface area contributed by atoms with Crippen LogP contribution in [0.5, 0.6) is 0 Å². The molecule has 1 atom stereocenters. The lowest BCUT2D eigenvalue weighted by Gasteiger charge is -2.27. The lowest BCUT2D eigenvalue weighted by atomic mass is 9.81. The summed E-state index contributed by atoms with van der Waals surface area (Å²) in [5.74, 6) is 0.339. The SMILES string of the molecule is Cl.N[C@@H](c1ccc(F)c(Br)c1)C1CCCCC1. The number of halogens is 3. The van der Waals surface area contributed by atoms with Gasteiger partial charge in [-0.1, -0.05) is 25.3 Å². The van der Waals surface area contributed by atoms with Gasteiger partial charge in [-0.25, -0.2) is 4.39 Å². The molecular weight excluding hydrogens is 305 g/mol. The van der Waals surface area contributed by atoms with Crippen LogP contribution in [0.4, 0.5) is 4.39 Å². The molecule has 0 saturated heterocycles. The van der Waals surface area contributed by atoms with Crippen LogP contribution in [-0.4, -0.2) is 0 Å². The Labute approximate surface area is 117 Å². The number of nitrogens with two attached hydrogens (primary N) is 1. The quantitative estimate of drug-likeness (QED) is 0.846. The molecule has 0 amide bonds. The molecule has 0 aromatic heterocycles. The van der Waals surface area contributed by atoms with Crippen molar-refractivity contribution in [3.8, 4) is 0 Å². The van der Waals surface area contributed by atoms with E-state index in [1.165, 1.54) is 38.2 Å². The van der Waals surface area contributed by atoms with E-state index in [4.69, 9.17) is 5.73 Å². The molecule has 4 heteroatoms. The molecular formula is C13H18BrClFN. The molecule has 96 valence electrons. The third-order valence-corrected chi connectivity index (χ3v) is 4.09. The molecule has 1 saturated carbocycles. The van der Waals surface area contributed by atoms with Crippen LogP contribution in [0, 0.1) is 11.7 Å². The van der Waals surface area contributed by atoms with Gasteiger partial charge in [0.15, 0.2) is 0 Å². The van der Waals surface area contributed by atoms with Crippen LogP contribution < -0.4 is 5.73 Å². The zero-order chi connectivity index (χ0) is 11.5. The second-order valence-electron chi connectivity index (χ2n) is 4.60. The Bertz CT molecular complexity index is 366. The average molecular weight is 323 g/mol. The lowest BCUT2D eigenvalue weighted by molar-refractivity contribution is 0.308. The highest BCUT2D eigenvalue weighted by Crippen LogP contribution is 2.33. The van der Waals surface area contributed by atoms with E-state index >= 15 is 0 Å². The van der Waals surface area contributed by atoms with Gasteiger partial charge < -0.3 is 5.73 Å². The van der Waals surface area contributed by atoms with Gasteiger partial charge in [-0.3, -0.25) is 0 Å². The van der Waals surface area contributed by atoms with E-state index in [9.17, 15) is 4.39 Å². The van der Waals surface area contributed by atoms with E-state index in [1.54, 1.807) is 6.07 Å². The maximum absolute atomic E-state index is 13.1. The Balaban J connectivity index is 0.00000144. The normalized spacial score (nSPS) is 18.5. The standard InChI is InChI=1S/C13H17BrFN.ClH/c14-11-8-10(6-7-12(11)15)13(16)9-4-2-1-3-5-9;/h6-9,13H,1-5,16H2;1H/t13-;/m1./s1. The zero-order valence-corrected chi connectivity index (χ0v) is 12.1. The summed E-state index contributed by atoms with van der Waals surface area (Å²) in [4.78, 5) is 0. The predicted octanol–water partition coefficient (Wildman–Crippen LogP) is 4.59. The molecule has 1 aromatic carbocycles. The first-order valence-electron chi connectivity index (χ1n) is 5.89. The molecule has 0 aliphatic heterocycles. The smallest absolute Gasteiger partial charge is 0.137 e. The summed E-state index contributed by atoms with van der Waals surface area (Å²) in [6.07, 6.45) is 6.30. The highest BCUT2D eigenvalue weighted by atomic mass is 79.9. The molecule has 0 bridgehead atoms. The molecule has 0 spiro atoms. The van der Waals surface area contributed by atoms with Gasteiger partial charge in [0.2, 0.25) is 0 Å². The van der Waals surface area contributed by atoms with E-state index in [0.717, 1.165) is 5.56 Å². The van der Waals surface area contributed by atoms with Gasteiger partial charge in [0.05, 0.1) is 4.47 Å². The summed E-state index contributed by atoms with van der Waals surface area (Å²) in [6, 6.07) is 5.16. The number of rotatable bonds is 2. The van der Waals surface area contributed by atoms with E-state index < -0.39 is 0 Å². The van der Waals surface area contributed by atoms with Crippen molar-refractivity contribution in [2.24, 2.45) is 11.7 Å². The topological polar surface area (TPSA) is 26.0 Å². The van der Waals surface area contributed by atoms with E-state index in [0.29, 0.717) is 10.4 Å². The lowest BCUT2D eigenvalue weighted by Crippen LogP contribution is -2.23. The molecule has 0 heterocycles. The maximum Gasteiger partial charge on any atom is 0.137 e. The summed E-state index contributed by atoms with van der Waals surface area (Å²) >= 11 is 3.21. The van der Waals surface area contributed by atoms with Crippen molar-refractivity contribution in [3.63, 3.8) is 0 Å². The van der Waals surface area contributed by atoms with Crippen LogP contribution in [0.15, 0.2) is 22.7 Å². The number of benzene rings is 1. The highest BCUT2D eigenvalue weighted by molar-refractivity contribution is 9.10. The maximum atomic E-state index is 13.1. The molecule has 2 rings (SSSR count). The Morgan fingerprint density at radius 1 is 1.24 bits per heavy atom. The average Bonchev–Trinajstić information content (AvgIpc) is 2.33. The van der Waals surface area contributed by atoms with Gasteiger partial charge in [-0.2, -0.15) is 0 Å². The number of hydrogen-bond acceptors (Lipinski definition) is 1. The summed E-state index contributed by atoms with van der Waals surface area (Å²) in [6.45, 7) is 0. The second-order valence-corrected chi connectivity index (χ2v) is 5.45. The first kappa shape index (κ1) is 14.9. The van der Waals surface area contributed by atoms with Crippen LogP contribution in [-0.2, 0) is 0 Å². The van der Waals surface area contributed by atoms with Gasteiger partial charge in [0, 0.05) is 6.04 Å². The van der Waals surface area contributed by atoms with Crippen molar-refractivity contribution in [2.45, 2.75) is 38.1 Å². The van der Waals surface area contributed by atoms with Crippen LogP contribution >= 0.6 is 28.3 Å². The van der Waals surface area contributed by atoms with Gasteiger partial charge in [-0.05, 0) is 52.4 Å². The molecule has 1 aromatic rings. The first-order chi connectivity index (χ1) is 7.68. The predicted molar refractivity (Wildman–Crippen MR) is 74.9 cm³/mol. The fourth-order valence-corrected chi connectivity index (χ4v) is 2.88. The van der Waals surface area contributed by atoms with Crippen molar-refractivity contribution < 1.29 is 4.39 Å². The van der Waals surface area contributed by atoms with Crippen LogP contribution in [0.25, 0.3) is 0 Å². The monoisotopic (exact) mass is 321 g/mol. The molecule has 1 aliphatic rings. The molecule has 1 fully saturated rings. The van der Waals surface area contributed by atoms with Crippen molar-refractivity contribution in [3.05, 3.63) is 34.1 Å². The molecule has 0 radical (unpaired) electrons. The van der Waals surface area contributed by atoms with Crippen LogP contribution in [0.3, 0.4) is 0 Å². The Morgan fingerprint density at radius 2 is 1.88 bits per heavy atom. The Hall–Kier alpha value is -0.120. The molecule has 1 aliphatic carbocycles. The van der Waals surface area contributed by atoms with Gasteiger partial charge in [-0.15, -0.1) is 12.4 Å². The van der Waals surface area contributed by atoms with E-state index in [-0.39, 0.29) is 24.3 Å². The minimum atomic E-state index is -0.223. The minimum Gasteiger partial charge on any atom is -0.324 e. The molecule has 0 unspecified atom stereocenters. The van der Waals surface area contributed by atoms with Crippen molar-refractivity contribution in [1.82, 2.24) is 0 Å². The third-order valence-electron chi connectivity index (χ3n) is 3.49. The Kier molecular flexibility index (Phi) is 5.90. The fraction of sp³-hybridized carbons (Fsp3) is 0.538. The summed E-state index contributed by atoms with van der Waals surface area (Å²) in [7, 11) is 0. The summed E-state index contributed by atoms with van der Waals surface area (Å²) in [5.41, 5.74) is 7.29. The summed E-state index contributed by atoms with van der Waals surface area (Å²) in [5, 5.41) is 0. The minimum absolute atomic E-state index is 0. The van der Waals surface area contributed by atoms with Gasteiger partial charge >= 0.3 is 0 Å².